The summed E-state index contributed by atoms with van der Waals surface area (Å²) >= 11 is 1.20. The summed E-state index contributed by atoms with van der Waals surface area (Å²) in [6, 6.07) is 2.17. The van der Waals surface area contributed by atoms with E-state index >= 15 is 0 Å². The first-order valence-electron chi connectivity index (χ1n) is 6.24. The van der Waals surface area contributed by atoms with Gasteiger partial charge < -0.3 is 4.74 Å². The van der Waals surface area contributed by atoms with Gasteiger partial charge in [0.15, 0.2) is 0 Å². The predicted molar refractivity (Wildman–Crippen MR) is 72.9 cm³/mol. The molecule has 5 nitrogen and oxygen atoms in total. The molecule has 1 rings (SSSR count). The van der Waals surface area contributed by atoms with E-state index in [0.717, 1.165) is 24.1 Å². The average Bonchev–Trinajstić information content (AvgIpc) is 2.43. The Hall–Kier alpha value is -1.61. The molecule has 1 heterocycles. The maximum Gasteiger partial charge on any atom is 0.316 e. The Bertz CT molecular complexity index is 497. The van der Waals surface area contributed by atoms with E-state index in [4.69, 9.17) is 4.74 Å². The number of carbonyl (C=O) groups is 1. The van der Waals surface area contributed by atoms with Gasteiger partial charge in [-0.05, 0) is 25.3 Å². The number of ether oxygens (including phenoxy) is 1. The summed E-state index contributed by atoms with van der Waals surface area (Å²) in [6.45, 7) is 6.08. The molecule has 0 aliphatic carbocycles. The number of nitrogens with zero attached hydrogens (tertiary/aromatic N) is 3. The van der Waals surface area contributed by atoms with Crippen molar-refractivity contribution in [2.75, 3.05) is 12.4 Å². The molecule has 0 radical (unpaired) electrons. The van der Waals surface area contributed by atoms with E-state index in [1.807, 2.05) is 13.8 Å². The Morgan fingerprint density at radius 2 is 2.05 bits per heavy atom. The van der Waals surface area contributed by atoms with E-state index in [0.29, 0.717) is 17.2 Å². The number of carbonyl (C=O) groups excluding carboxylic acids is 1. The normalized spacial score (nSPS) is 10.0. The molecule has 0 saturated carbocycles. The van der Waals surface area contributed by atoms with Gasteiger partial charge in [0, 0.05) is 0 Å². The number of hydrogen-bond donors (Lipinski definition) is 0. The number of aromatic nitrogens is 2. The molecule has 0 spiro atoms. The summed E-state index contributed by atoms with van der Waals surface area (Å²) in [4.78, 5) is 11.3. The fourth-order valence-electron chi connectivity index (χ4n) is 1.70. The van der Waals surface area contributed by atoms with E-state index < -0.39 is 0 Å². The SMILES string of the molecule is CCOC(=O)CSc1nnc(CC)c(CC)c1C#N. The summed E-state index contributed by atoms with van der Waals surface area (Å²) in [5, 5.41) is 17.9. The number of thioether (sulfide) groups is 1. The Morgan fingerprint density at radius 3 is 2.58 bits per heavy atom. The first kappa shape index (κ1) is 15.4. The zero-order valence-electron chi connectivity index (χ0n) is 11.4. The molecular weight excluding hydrogens is 262 g/mol. The lowest BCUT2D eigenvalue weighted by Gasteiger charge is -2.09. The van der Waals surface area contributed by atoms with Gasteiger partial charge in [0.1, 0.15) is 11.1 Å². The third-order valence-corrected chi connectivity index (χ3v) is 3.50. The summed E-state index contributed by atoms with van der Waals surface area (Å²) < 4.78 is 4.85. The highest BCUT2D eigenvalue weighted by atomic mass is 32.2. The minimum Gasteiger partial charge on any atom is -0.465 e. The van der Waals surface area contributed by atoms with Crippen molar-refractivity contribution in [3.8, 4) is 6.07 Å². The summed E-state index contributed by atoms with van der Waals surface area (Å²) in [7, 11) is 0. The third kappa shape index (κ3) is 3.93. The van der Waals surface area contributed by atoms with Crippen LogP contribution in [0.2, 0.25) is 0 Å². The topological polar surface area (TPSA) is 75.9 Å². The lowest BCUT2D eigenvalue weighted by molar-refractivity contribution is -0.139. The van der Waals surface area contributed by atoms with Gasteiger partial charge in [-0.25, -0.2) is 0 Å². The molecule has 0 bridgehead atoms. The van der Waals surface area contributed by atoms with Crippen molar-refractivity contribution >= 4 is 17.7 Å². The highest BCUT2D eigenvalue weighted by molar-refractivity contribution is 7.99. The Balaban J connectivity index is 2.96. The van der Waals surface area contributed by atoms with Crippen molar-refractivity contribution in [2.45, 2.75) is 38.6 Å². The molecule has 0 aliphatic heterocycles. The number of nitriles is 1. The van der Waals surface area contributed by atoms with Gasteiger partial charge in [0.2, 0.25) is 0 Å². The van der Waals surface area contributed by atoms with Crippen LogP contribution in [0.25, 0.3) is 0 Å². The molecule has 0 unspecified atom stereocenters. The molecule has 0 N–H and O–H groups in total. The molecular formula is C13H17N3O2S. The zero-order chi connectivity index (χ0) is 14.3. The van der Waals surface area contributed by atoms with E-state index in [1.165, 1.54) is 11.8 Å². The predicted octanol–water partition coefficient (Wildman–Crippen LogP) is 2.13. The Kier molecular flexibility index (Phi) is 6.30. The Morgan fingerprint density at radius 1 is 1.32 bits per heavy atom. The monoisotopic (exact) mass is 279 g/mol. The fraction of sp³-hybridized carbons (Fsp3) is 0.538. The molecule has 0 saturated heterocycles. The zero-order valence-corrected chi connectivity index (χ0v) is 12.2. The van der Waals surface area contributed by atoms with Crippen LogP contribution in [-0.2, 0) is 22.4 Å². The largest absolute Gasteiger partial charge is 0.465 e. The second-order valence-electron chi connectivity index (χ2n) is 3.72. The molecule has 0 fully saturated rings. The maximum atomic E-state index is 11.3. The molecule has 0 amide bonds. The standard InChI is InChI=1S/C13H17N3O2S/c1-4-9-10(7-14)13(16-15-11(9)5-2)19-8-12(17)18-6-3/h4-6,8H2,1-3H3. The molecule has 19 heavy (non-hydrogen) atoms. The number of aryl methyl sites for hydroxylation is 1. The van der Waals surface area contributed by atoms with Crippen LogP contribution in [0.3, 0.4) is 0 Å². The molecule has 1 aromatic heterocycles. The summed E-state index contributed by atoms with van der Waals surface area (Å²) in [6.07, 6.45) is 1.47. The van der Waals surface area contributed by atoms with Crippen LogP contribution in [0.1, 0.15) is 37.6 Å². The highest BCUT2D eigenvalue weighted by Gasteiger charge is 2.15. The Labute approximate surface area is 117 Å². The molecule has 102 valence electrons. The van der Waals surface area contributed by atoms with E-state index in [1.54, 1.807) is 6.92 Å². The molecule has 0 aromatic carbocycles. The summed E-state index contributed by atoms with van der Waals surface area (Å²) in [5.74, 6) is -0.165. The third-order valence-electron chi connectivity index (χ3n) is 2.56. The quantitative estimate of drug-likeness (QED) is 0.586. The van der Waals surface area contributed by atoms with Gasteiger partial charge >= 0.3 is 5.97 Å². The van der Waals surface area contributed by atoms with E-state index in [2.05, 4.69) is 16.3 Å². The van der Waals surface area contributed by atoms with Gasteiger partial charge in [-0.1, -0.05) is 25.6 Å². The van der Waals surface area contributed by atoms with Crippen molar-refractivity contribution in [1.82, 2.24) is 10.2 Å². The van der Waals surface area contributed by atoms with Crippen LogP contribution < -0.4 is 0 Å². The molecule has 6 heteroatoms. The van der Waals surface area contributed by atoms with Gasteiger partial charge in [-0.2, -0.15) is 10.4 Å². The van der Waals surface area contributed by atoms with Crippen molar-refractivity contribution in [3.05, 3.63) is 16.8 Å². The van der Waals surface area contributed by atoms with Gasteiger partial charge in [0.05, 0.1) is 23.6 Å². The second-order valence-corrected chi connectivity index (χ2v) is 4.68. The number of esters is 1. The van der Waals surface area contributed by atoms with Crippen LogP contribution in [0.4, 0.5) is 0 Å². The van der Waals surface area contributed by atoms with Crippen molar-refractivity contribution < 1.29 is 9.53 Å². The second kappa shape index (κ2) is 7.74. The van der Waals surface area contributed by atoms with Crippen LogP contribution in [-0.4, -0.2) is 28.5 Å². The lowest BCUT2D eigenvalue weighted by atomic mass is 10.1. The van der Waals surface area contributed by atoms with Crippen LogP contribution in [0, 0.1) is 11.3 Å². The van der Waals surface area contributed by atoms with Gasteiger partial charge in [-0.15, -0.1) is 5.10 Å². The van der Waals surface area contributed by atoms with Crippen molar-refractivity contribution in [3.63, 3.8) is 0 Å². The first-order valence-corrected chi connectivity index (χ1v) is 7.23. The van der Waals surface area contributed by atoms with Crippen LogP contribution >= 0.6 is 11.8 Å². The minimum atomic E-state index is -0.309. The number of hydrogen-bond acceptors (Lipinski definition) is 6. The highest BCUT2D eigenvalue weighted by Crippen LogP contribution is 2.24. The van der Waals surface area contributed by atoms with E-state index in [9.17, 15) is 10.1 Å². The molecule has 0 aliphatic rings. The lowest BCUT2D eigenvalue weighted by Crippen LogP contribution is -2.09. The van der Waals surface area contributed by atoms with Gasteiger partial charge in [0.25, 0.3) is 0 Å². The van der Waals surface area contributed by atoms with Crippen LogP contribution in [0.15, 0.2) is 5.03 Å². The average molecular weight is 279 g/mol. The smallest absolute Gasteiger partial charge is 0.316 e. The molecule has 1 aromatic rings. The fourth-order valence-corrected chi connectivity index (χ4v) is 2.45. The minimum absolute atomic E-state index is 0.145. The van der Waals surface area contributed by atoms with Crippen molar-refractivity contribution in [1.29, 1.82) is 5.26 Å². The summed E-state index contributed by atoms with van der Waals surface area (Å²) in [5.41, 5.74) is 2.30. The van der Waals surface area contributed by atoms with Crippen LogP contribution in [0.5, 0.6) is 0 Å². The number of rotatable bonds is 6. The first-order chi connectivity index (χ1) is 9.17. The molecule has 0 atom stereocenters. The maximum absolute atomic E-state index is 11.3. The van der Waals surface area contributed by atoms with Gasteiger partial charge in [-0.3, -0.25) is 4.79 Å². The van der Waals surface area contributed by atoms with Crippen molar-refractivity contribution in [2.24, 2.45) is 0 Å². The van der Waals surface area contributed by atoms with E-state index in [-0.39, 0.29) is 11.7 Å².